The topological polar surface area (TPSA) is 107 Å². The molecule has 3 fully saturated rings. The summed E-state index contributed by atoms with van der Waals surface area (Å²) in [6.45, 7) is 7.49. The summed E-state index contributed by atoms with van der Waals surface area (Å²) in [5.41, 5.74) is 3.55. The van der Waals surface area contributed by atoms with Crippen LogP contribution in [0.15, 0.2) is 158 Å². The molecule has 7 aromatic rings. The van der Waals surface area contributed by atoms with Crippen LogP contribution in [0, 0.1) is 11.6 Å². The number of hydrogen-bond donors (Lipinski definition) is 0. The van der Waals surface area contributed by atoms with Crippen LogP contribution in [0.3, 0.4) is 0 Å². The fourth-order valence-electron chi connectivity index (χ4n) is 10.7. The Morgan fingerprint density at radius 3 is 1.89 bits per heavy atom. The Balaban J connectivity index is 0.855. The van der Waals surface area contributed by atoms with Gasteiger partial charge in [0.15, 0.2) is 6.29 Å². The highest BCUT2D eigenvalue weighted by Crippen LogP contribution is 2.55. The molecule has 3 aliphatic heterocycles. The summed E-state index contributed by atoms with van der Waals surface area (Å²) in [6.07, 6.45) is 2.66. The zero-order valence-corrected chi connectivity index (χ0v) is 40.2. The van der Waals surface area contributed by atoms with Gasteiger partial charge in [0.1, 0.15) is 59.3 Å². The lowest BCUT2D eigenvalue weighted by molar-refractivity contribution is -0.117. The van der Waals surface area contributed by atoms with Crippen LogP contribution in [0.4, 0.5) is 30.6 Å². The van der Waals surface area contributed by atoms with Crippen LogP contribution in [-0.4, -0.2) is 97.7 Å². The van der Waals surface area contributed by atoms with E-state index in [1.165, 1.54) is 29.5 Å². The second-order valence-electron chi connectivity index (χ2n) is 18.4. The summed E-state index contributed by atoms with van der Waals surface area (Å²) in [6, 6.07) is 45.5. The molecule has 71 heavy (non-hydrogen) atoms. The van der Waals surface area contributed by atoms with Gasteiger partial charge in [-0.25, -0.2) is 23.2 Å². The normalized spacial score (nSPS) is 20.0. The number of amides is 2. The maximum Gasteiger partial charge on any atom is 0.326 e. The number of halogens is 2. The standard InChI is InChI=1S/C56H57F2N7O6/c1-39(2)64-52(32-40-12-6-5-7-13-40)56(47-14-8-10-16-50(47)67-3,48-15-9-11-17-51(48)68-4)65(54(64)66)44-21-19-42(20-22-44)61-28-30-62(31-29-61)43-23-25-45(26-24-43)69-34-53-70-36-55(71-53,35-63-38-59-37-60-63)46-27-18-41(57)33-49(46)58/h5-27,33,37-39,52-53H,28-32,34-36H2,1-4H3/t52-,53-,55+/m0/s1. The molecule has 10 rings (SSSR count). The summed E-state index contributed by atoms with van der Waals surface area (Å²) >= 11 is 0. The average molecular weight is 962 g/mol. The second-order valence-corrected chi connectivity index (χ2v) is 18.4. The van der Waals surface area contributed by atoms with Crippen molar-refractivity contribution in [3.63, 3.8) is 0 Å². The van der Waals surface area contributed by atoms with Crippen LogP contribution >= 0.6 is 0 Å². The van der Waals surface area contributed by atoms with Crippen molar-refractivity contribution >= 4 is 23.1 Å². The number of carbonyl (C=O) groups excluding carboxylic acids is 1. The minimum atomic E-state index is -1.26. The van der Waals surface area contributed by atoms with E-state index in [2.05, 4.69) is 82.3 Å². The third kappa shape index (κ3) is 9.00. The van der Waals surface area contributed by atoms with Gasteiger partial charge >= 0.3 is 6.03 Å². The molecular formula is C56H57F2N7O6. The molecule has 0 bridgehead atoms. The number of aromatic nitrogens is 3. The van der Waals surface area contributed by atoms with Crippen LogP contribution < -0.4 is 28.9 Å². The first-order chi connectivity index (χ1) is 34.6. The Kier molecular flexibility index (Phi) is 13.4. The maximum absolute atomic E-state index is 15.4. The molecule has 3 atom stereocenters. The number of carbonyl (C=O) groups is 1. The SMILES string of the molecule is COc1ccccc1C1(c2ccccc2OC)[C@H](Cc2ccccc2)N(C(C)C)C(=O)N1c1ccc(N2CCN(c3ccc(OC[C@H]4OC[C@](Cn5cncn5)(c5ccc(F)cc5F)O4)cc3)CC2)cc1. The van der Waals surface area contributed by atoms with E-state index < -0.39 is 29.1 Å². The number of para-hydroxylation sites is 2. The zero-order chi connectivity index (χ0) is 49.1. The molecule has 1 aromatic heterocycles. The monoisotopic (exact) mass is 961 g/mol. The third-order valence-corrected chi connectivity index (χ3v) is 14.0. The van der Waals surface area contributed by atoms with Crippen molar-refractivity contribution in [2.75, 3.05) is 68.3 Å². The Labute approximate surface area is 412 Å². The lowest BCUT2D eigenvalue weighted by Crippen LogP contribution is -2.52. The molecule has 0 aliphatic carbocycles. The van der Waals surface area contributed by atoms with Gasteiger partial charge in [-0.1, -0.05) is 72.8 Å². The molecule has 0 unspecified atom stereocenters. The molecule has 3 saturated heterocycles. The highest BCUT2D eigenvalue weighted by Gasteiger charge is 2.62. The van der Waals surface area contributed by atoms with E-state index in [0.29, 0.717) is 23.7 Å². The Morgan fingerprint density at radius 1 is 0.718 bits per heavy atom. The largest absolute Gasteiger partial charge is 0.496 e. The van der Waals surface area contributed by atoms with Gasteiger partial charge in [-0.15, -0.1) is 0 Å². The van der Waals surface area contributed by atoms with E-state index in [0.717, 1.165) is 66.0 Å². The van der Waals surface area contributed by atoms with E-state index >= 15 is 9.18 Å². The summed E-state index contributed by atoms with van der Waals surface area (Å²) in [4.78, 5) is 28.2. The van der Waals surface area contributed by atoms with Gasteiger partial charge in [-0.2, -0.15) is 5.10 Å². The number of piperazine rings is 1. The van der Waals surface area contributed by atoms with Crippen molar-refractivity contribution in [1.29, 1.82) is 0 Å². The highest BCUT2D eigenvalue weighted by molar-refractivity contribution is 5.99. The number of benzene rings is 6. The maximum atomic E-state index is 15.4. The second kappa shape index (κ2) is 20.1. The Morgan fingerprint density at radius 2 is 1.31 bits per heavy atom. The fraction of sp³-hybridized carbons (Fsp3) is 0.304. The molecule has 15 heteroatoms. The number of nitrogens with zero attached hydrogens (tertiary/aromatic N) is 7. The predicted octanol–water partition coefficient (Wildman–Crippen LogP) is 9.45. The first kappa shape index (κ1) is 47.2. The van der Waals surface area contributed by atoms with E-state index in [1.54, 1.807) is 14.2 Å². The number of ether oxygens (including phenoxy) is 5. The predicted molar refractivity (Wildman–Crippen MR) is 267 cm³/mol. The average Bonchev–Trinajstić information content (AvgIpc) is 4.13. The number of hydrogen-bond acceptors (Lipinski definition) is 10. The molecular weight excluding hydrogens is 905 g/mol. The third-order valence-electron chi connectivity index (χ3n) is 14.0. The van der Waals surface area contributed by atoms with Crippen LogP contribution in [0.2, 0.25) is 0 Å². The van der Waals surface area contributed by atoms with Gasteiger partial charge in [0.05, 0.1) is 33.4 Å². The van der Waals surface area contributed by atoms with Crippen molar-refractivity contribution in [3.8, 4) is 17.2 Å². The Bertz CT molecular complexity index is 2870. The van der Waals surface area contributed by atoms with Crippen LogP contribution in [0.1, 0.15) is 36.1 Å². The molecule has 0 radical (unpaired) electrons. The van der Waals surface area contributed by atoms with Gasteiger partial charge in [0, 0.05) is 72.0 Å². The summed E-state index contributed by atoms with van der Waals surface area (Å²) in [5, 5.41) is 4.17. The smallest absolute Gasteiger partial charge is 0.326 e. The molecule has 13 nitrogen and oxygen atoms in total. The van der Waals surface area contributed by atoms with Crippen LogP contribution in [-0.2, 0) is 33.6 Å². The van der Waals surface area contributed by atoms with Gasteiger partial charge in [0.2, 0.25) is 0 Å². The molecule has 2 amide bonds. The van der Waals surface area contributed by atoms with Gasteiger partial charge in [-0.3, -0.25) is 4.90 Å². The quantitative estimate of drug-likeness (QED) is 0.0931. The first-order valence-electron chi connectivity index (χ1n) is 24.0. The number of rotatable bonds is 16. The number of methoxy groups -OCH3 is 2. The minimum Gasteiger partial charge on any atom is -0.496 e. The summed E-state index contributed by atoms with van der Waals surface area (Å²) in [7, 11) is 3.36. The summed E-state index contributed by atoms with van der Waals surface area (Å²) in [5.74, 6) is 0.565. The Hall–Kier alpha value is -7.49. The number of urea groups is 1. The molecule has 6 aromatic carbocycles. The fourth-order valence-corrected chi connectivity index (χ4v) is 10.7. The van der Waals surface area contributed by atoms with E-state index in [-0.39, 0.29) is 43.4 Å². The van der Waals surface area contributed by atoms with E-state index in [4.69, 9.17) is 23.7 Å². The zero-order valence-electron chi connectivity index (χ0n) is 40.2. The van der Waals surface area contributed by atoms with Crippen LogP contribution in [0.25, 0.3) is 0 Å². The van der Waals surface area contributed by atoms with Crippen molar-refractivity contribution in [3.05, 3.63) is 192 Å². The van der Waals surface area contributed by atoms with E-state index in [1.807, 2.05) is 88.7 Å². The molecule has 0 N–H and O–H groups in total. The first-order valence-corrected chi connectivity index (χ1v) is 24.0. The van der Waals surface area contributed by atoms with Gasteiger partial charge in [-0.05, 0) is 92.6 Å². The molecule has 0 saturated carbocycles. The molecule has 4 heterocycles. The van der Waals surface area contributed by atoms with Crippen LogP contribution in [0.5, 0.6) is 17.2 Å². The van der Waals surface area contributed by atoms with Crippen molar-refractivity contribution in [2.24, 2.45) is 0 Å². The highest BCUT2D eigenvalue weighted by atomic mass is 19.1. The van der Waals surface area contributed by atoms with Gasteiger partial charge in [0.25, 0.3) is 0 Å². The molecule has 366 valence electrons. The van der Waals surface area contributed by atoms with Crippen molar-refractivity contribution in [2.45, 2.75) is 56.3 Å². The van der Waals surface area contributed by atoms with Gasteiger partial charge < -0.3 is 38.4 Å². The molecule has 3 aliphatic rings. The lowest BCUT2D eigenvalue weighted by atomic mass is 9.73. The molecule has 0 spiro atoms. The number of anilines is 3. The summed E-state index contributed by atoms with van der Waals surface area (Å²) < 4.78 is 61.2. The lowest BCUT2D eigenvalue weighted by Gasteiger charge is -2.44. The van der Waals surface area contributed by atoms with Crippen molar-refractivity contribution in [1.82, 2.24) is 19.7 Å². The van der Waals surface area contributed by atoms with E-state index in [9.17, 15) is 4.39 Å². The van der Waals surface area contributed by atoms with Crippen molar-refractivity contribution < 1.29 is 37.3 Å². The minimum absolute atomic E-state index is 0.0117.